The van der Waals surface area contributed by atoms with Crippen molar-refractivity contribution in [1.82, 2.24) is 30.3 Å². The molecule has 0 aliphatic carbocycles. The Kier molecular flexibility index (Phi) is 4.21. The Hall–Kier alpha value is -3.07. The van der Waals surface area contributed by atoms with Crippen LogP contribution in [-0.4, -0.2) is 30.3 Å². The SMILES string of the molecule is Fc1ccc(-c2nc(CSc3nnnn3-c3ccccc3)no2)cc1. The van der Waals surface area contributed by atoms with Crippen LogP contribution in [0.25, 0.3) is 17.1 Å². The van der Waals surface area contributed by atoms with Crippen molar-refractivity contribution in [3.8, 4) is 17.1 Å². The standard InChI is InChI=1S/C16H11FN6OS/c17-12-8-6-11(7-9-12)15-18-14(20-24-15)10-25-16-19-21-22-23(16)13-4-2-1-3-5-13/h1-9H,10H2. The molecule has 0 spiro atoms. The molecule has 4 aromatic rings. The van der Waals surface area contributed by atoms with Crippen LogP contribution in [0, 0.1) is 5.82 Å². The molecule has 4 rings (SSSR count). The Balaban J connectivity index is 1.48. The maximum atomic E-state index is 13.0. The molecule has 0 saturated heterocycles. The fourth-order valence-corrected chi connectivity index (χ4v) is 2.89. The van der Waals surface area contributed by atoms with Gasteiger partial charge in [0.25, 0.3) is 5.89 Å². The molecule has 25 heavy (non-hydrogen) atoms. The van der Waals surface area contributed by atoms with Gasteiger partial charge in [0, 0.05) is 5.56 Å². The fourth-order valence-electron chi connectivity index (χ4n) is 2.15. The summed E-state index contributed by atoms with van der Waals surface area (Å²) in [6.45, 7) is 0. The van der Waals surface area contributed by atoms with Crippen LogP contribution >= 0.6 is 11.8 Å². The van der Waals surface area contributed by atoms with Crippen molar-refractivity contribution in [2.75, 3.05) is 0 Å². The van der Waals surface area contributed by atoms with Gasteiger partial charge in [0.1, 0.15) is 5.82 Å². The fraction of sp³-hybridized carbons (Fsp3) is 0.0625. The molecular formula is C16H11FN6OS. The maximum Gasteiger partial charge on any atom is 0.257 e. The van der Waals surface area contributed by atoms with Crippen LogP contribution < -0.4 is 0 Å². The van der Waals surface area contributed by atoms with Crippen LogP contribution in [0.1, 0.15) is 5.82 Å². The van der Waals surface area contributed by atoms with Crippen LogP contribution in [0.5, 0.6) is 0 Å². The lowest BCUT2D eigenvalue weighted by molar-refractivity contribution is 0.425. The summed E-state index contributed by atoms with van der Waals surface area (Å²) in [5.41, 5.74) is 1.54. The Morgan fingerprint density at radius 1 is 1.04 bits per heavy atom. The molecular weight excluding hydrogens is 343 g/mol. The average molecular weight is 354 g/mol. The monoisotopic (exact) mass is 354 g/mol. The quantitative estimate of drug-likeness (QED) is 0.509. The molecule has 0 aliphatic heterocycles. The van der Waals surface area contributed by atoms with E-state index in [9.17, 15) is 4.39 Å². The predicted molar refractivity (Wildman–Crippen MR) is 88.4 cm³/mol. The first-order valence-corrected chi connectivity index (χ1v) is 8.33. The number of para-hydroxylation sites is 1. The predicted octanol–water partition coefficient (Wildman–Crippen LogP) is 3.14. The summed E-state index contributed by atoms with van der Waals surface area (Å²) in [7, 11) is 0. The van der Waals surface area contributed by atoms with Crippen LogP contribution in [0.3, 0.4) is 0 Å². The van der Waals surface area contributed by atoms with Gasteiger partial charge in [-0.1, -0.05) is 35.1 Å². The minimum atomic E-state index is -0.313. The first-order chi connectivity index (χ1) is 12.3. The van der Waals surface area contributed by atoms with Crippen molar-refractivity contribution in [3.05, 3.63) is 66.2 Å². The zero-order valence-electron chi connectivity index (χ0n) is 12.8. The van der Waals surface area contributed by atoms with Crippen molar-refractivity contribution >= 4 is 11.8 Å². The van der Waals surface area contributed by atoms with E-state index in [1.165, 1.54) is 23.9 Å². The van der Waals surface area contributed by atoms with E-state index < -0.39 is 0 Å². The Morgan fingerprint density at radius 2 is 1.84 bits per heavy atom. The van der Waals surface area contributed by atoms with Crippen LogP contribution in [-0.2, 0) is 5.75 Å². The van der Waals surface area contributed by atoms with Gasteiger partial charge >= 0.3 is 0 Å². The number of thioether (sulfide) groups is 1. The first kappa shape index (κ1) is 15.5. The van der Waals surface area contributed by atoms with Gasteiger partial charge in [-0.25, -0.2) is 4.39 Å². The third-order valence-electron chi connectivity index (χ3n) is 3.33. The molecule has 0 bridgehead atoms. The van der Waals surface area contributed by atoms with E-state index in [4.69, 9.17) is 4.52 Å². The van der Waals surface area contributed by atoms with E-state index in [-0.39, 0.29) is 5.82 Å². The molecule has 0 saturated carbocycles. The Labute approximate surface area is 145 Å². The highest BCUT2D eigenvalue weighted by Gasteiger charge is 2.13. The van der Waals surface area contributed by atoms with Gasteiger partial charge in [-0.05, 0) is 46.8 Å². The molecule has 0 aliphatic rings. The van der Waals surface area contributed by atoms with Crippen LogP contribution in [0.15, 0.2) is 64.3 Å². The first-order valence-electron chi connectivity index (χ1n) is 7.35. The number of rotatable bonds is 5. The normalized spacial score (nSPS) is 10.9. The molecule has 9 heteroatoms. The summed E-state index contributed by atoms with van der Waals surface area (Å²) < 4.78 is 19.8. The molecule has 2 aromatic heterocycles. The van der Waals surface area contributed by atoms with Crippen molar-refractivity contribution in [2.45, 2.75) is 10.9 Å². The molecule has 7 nitrogen and oxygen atoms in total. The maximum absolute atomic E-state index is 13.0. The minimum Gasteiger partial charge on any atom is -0.334 e. The zero-order valence-corrected chi connectivity index (χ0v) is 13.6. The van der Waals surface area contributed by atoms with E-state index >= 15 is 0 Å². The summed E-state index contributed by atoms with van der Waals surface area (Å²) >= 11 is 1.39. The van der Waals surface area contributed by atoms with Gasteiger partial charge in [-0.2, -0.15) is 9.67 Å². The molecule has 0 radical (unpaired) electrons. The number of nitrogens with zero attached hydrogens (tertiary/aromatic N) is 6. The Bertz CT molecular complexity index is 970. The number of halogens is 1. The molecule has 124 valence electrons. The van der Waals surface area contributed by atoms with E-state index in [1.54, 1.807) is 16.8 Å². The number of hydrogen-bond donors (Lipinski definition) is 0. The summed E-state index contributed by atoms with van der Waals surface area (Å²) in [5, 5.41) is 16.3. The molecule has 2 heterocycles. The van der Waals surface area contributed by atoms with Gasteiger partial charge in [-0.3, -0.25) is 0 Å². The summed E-state index contributed by atoms with van der Waals surface area (Å²) in [6, 6.07) is 15.5. The van der Waals surface area contributed by atoms with E-state index in [0.717, 1.165) is 5.69 Å². The van der Waals surface area contributed by atoms with E-state index in [1.807, 2.05) is 30.3 Å². The van der Waals surface area contributed by atoms with E-state index in [2.05, 4.69) is 25.7 Å². The summed E-state index contributed by atoms with van der Waals surface area (Å²) in [4.78, 5) is 4.31. The second kappa shape index (κ2) is 6.81. The molecule has 0 atom stereocenters. The third-order valence-corrected chi connectivity index (χ3v) is 4.25. The smallest absolute Gasteiger partial charge is 0.257 e. The topological polar surface area (TPSA) is 82.5 Å². The minimum absolute atomic E-state index is 0.313. The van der Waals surface area contributed by atoms with Crippen LogP contribution in [0.2, 0.25) is 0 Å². The highest BCUT2D eigenvalue weighted by Crippen LogP contribution is 2.23. The molecule has 0 amide bonds. The van der Waals surface area contributed by atoms with Crippen molar-refractivity contribution < 1.29 is 8.91 Å². The lowest BCUT2D eigenvalue weighted by Crippen LogP contribution is -1.98. The number of tetrazole rings is 1. The van der Waals surface area contributed by atoms with Gasteiger partial charge in [-0.15, -0.1) is 5.10 Å². The van der Waals surface area contributed by atoms with Crippen LogP contribution in [0.4, 0.5) is 4.39 Å². The second-order valence-corrected chi connectivity index (χ2v) is 5.96. The lowest BCUT2D eigenvalue weighted by atomic mass is 10.2. The van der Waals surface area contributed by atoms with Gasteiger partial charge in [0.05, 0.1) is 11.4 Å². The van der Waals surface area contributed by atoms with Gasteiger partial charge < -0.3 is 4.52 Å². The molecule has 2 aromatic carbocycles. The van der Waals surface area contributed by atoms with Crippen molar-refractivity contribution in [1.29, 1.82) is 0 Å². The third kappa shape index (κ3) is 3.41. The molecule has 0 unspecified atom stereocenters. The number of benzene rings is 2. The highest BCUT2D eigenvalue weighted by atomic mass is 32.2. The zero-order chi connectivity index (χ0) is 17.1. The number of hydrogen-bond acceptors (Lipinski definition) is 7. The van der Waals surface area contributed by atoms with Gasteiger partial charge in [0.2, 0.25) is 5.16 Å². The molecule has 0 N–H and O–H groups in total. The Morgan fingerprint density at radius 3 is 2.64 bits per heavy atom. The number of aromatic nitrogens is 6. The second-order valence-electron chi connectivity index (χ2n) is 5.02. The highest BCUT2D eigenvalue weighted by molar-refractivity contribution is 7.98. The van der Waals surface area contributed by atoms with E-state index in [0.29, 0.717) is 28.2 Å². The van der Waals surface area contributed by atoms with Crippen molar-refractivity contribution in [3.63, 3.8) is 0 Å². The van der Waals surface area contributed by atoms with Gasteiger partial charge in [0.15, 0.2) is 5.82 Å². The summed E-state index contributed by atoms with van der Waals surface area (Å²) in [5.74, 6) is 0.981. The largest absolute Gasteiger partial charge is 0.334 e. The van der Waals surface area contributed by atoms with Crippen molar-refractivity contribution in [2.24, 2.45) is 0 Å². The summed E-state index contributed by atoms with van der Waals surface area (Å²) in [6.07, 6.45) is 0. The average Bonchev–Trinajstić information content (AvgIpc) is 3.31. The molecule has 0 fully saturated rings. The lowest BCUT2D eigenvalue weighted by Gasteiger charge is -2.02.